The molecule has 3 rings (SSSR count). The van der Waals surface area contributed by atoms with E-state index in [1.807, 2.05) is 4.90 Å². The van der Waals surface area contributed by atoms with Gasteiger partial charge in [-0.3, -0.25) is 19.1 Å². The van der Waals surface area contributed by atoms with E-state index in [1.165, 1.54) is 17.2 Å². The predicted molar refractivity (Wildman–Crippen MR) is 73.5 cm³/mol. The molecular weight excluding hydrogens is 258 g/mol. The van der Waals surface area contributed by atoms with E-state index >= 15 is 0 Å². The first-order chi connectivity index (χ1) is 9.45. The highest BCUT2D eigenvalue weighted by atomic mass is 16.2. The van der Waals surface area contributed by atoms with Crippen LogP contribution < -0.4 is 11.2 Å². The molecule has 0 radical (unpaired) electrons. The summed E-state index contributed by atoms with van der Waals surface area (Å²) < 4.78 is 1.28. The molecule has 108 valence electrons. The number of nitrogens with zero attached hydrogens (tertiary/aromatic N) is 2. The first-order valence-electron chi connectivity index (χ1n) is 7.03. The van der Waals surface area contributed by atoms with Crippen molar-refractivity contribution in [3.05, 3.63) is 32.6 Å². The van der Waals surface area contributed by atoms with Gasteiger partial charge in [0.1, 0.15) is 6.54 Å². The van der Waals surface area contributed by atoms with E-state index in [4.69, 9.17) is 0 Å². The predicted octanol–water partition coefficient (Wildman–Crippen LogP) is 0.104. The van der Waals surface area contributed by atoms with Crippen molar-refractivity contribution < 1.29 is 4.79 Å². The van der Waals surface area contributed by atoms with Crippen LogP contribution in [0.5, 0.6) is 0 Å². The summed E-state index contributed by atoms with van der Waals surface area (Å²) in [5.74, 6) is 0.601. The van der Waals surface area contributed by atoms with Gasteiger partial charge in [-0.15, -0.1) is 0 Å². The Morgan fingerprint density at radius 3 is 2.90 bits per heavy atom. The molecule has 1 saturated heterocycles. The number of H-pyrrole nitrogens is 1. The van der Waals surface area contributed by atoms with E-state index in [9.17, 15) is 14.4 Å². The number of aromatic nitrogens is 2. The van der Waals surface area contributed by atoms with Gasteiger partial charge in [0, 0.05) is 24.8 Å². The molecule has 6 heteroatoms. The van der Waals surface area contributed by atoms with Gasteiger partial charge in [-0.05, 0) is 31.1 Å². The average molecular weight is 277 g/mol. The molecule has 2 unspecified atom stereocenters. The van der Waals surface area contributed by atoms with Crippen LogP contribution in [0.1, 0.15) is 25.3 Å². The number of hydrogen-bond acceptors (Lipinski definition) is 3. The number of aryl methyl sites for hydroxylation is 1. The number of likely N-dealkylation sites (tertiary alicyclic amines) is 1. The van der Waals surface area contributed by atoms with Crippen LogP contribution in [-0.2, 0) is 11.3 Å². The van der Waals surface area contributed by atoms with Crippen LogP contribution in [-0.4, -0.2) is 33.4 Å². The van der Waals surface area contributed by atoms with Gasteiger partial charge in [0.2, 0.25) is 5.91 Å². The lowest BCUT2D eigenvalue weighted by Gasteiger charge is -2.21. The molecule has 2 fully saturated rings. The summed E-state index contributed by atoms with van der Waals surface area (Å²) in [5.41, 5.74) is -0.136. The third kappa shape index (κ3) is 1.99. The highest BCUT2D eigenvalue weighted by Crippen LogP contribution is 2.59. The van der Waals surface area contributed by atoms with E-state index in [1.54, 1.807) is 6.92 Å². The number of carbonyl (C=O) groups is 1. The van der Waals surface area contributed by atoms with E-state index < -0.39 is 11.2 Å². The first kappa shape index (κ1) is 13.1. The second-order valence-electron chi connectivity index (χ2n) is 6.09. The fourth-order valence-electron chi connectivity index (χ4n) is 3.31. The van der Waals surface area contributed by atoms with Crippen molar-refractivity contribution >= 4 is 5.91 Å². The standard InChI is InChI=1S/C14H19N3O3/c1-3-14-4-10(14)6-17(8-14)11(18)7-16-5-9(2)12(19)15-13(16)20/h5,10H,3-4,6-8H2,1-2H3,(H,15,19,20). The molecular formula is C14H19N3O3. The van der Waals surface area contributed by atoms with Crippen molar-refractivity contribution in [3.63, 3.8) is 0 Å². The van der Waals surface area contributed by atoms with Gasteiger partial charge >= 0.3 is 5.69 Å². The minimum Gasteiger partial charge on any atom is -0.340 e. The van der Waals surface area contributed by atoms with Crippen LogP contribution in [0.15, 0.2) is 15.8 Å². The lowest BCUT2D eigenvalue weighted by atomic mass is 10.0. The Bertz CT molecular complexity index is 671. The van der Waals surface area contributed by atoms with Gasteiger partial charge in [0.05, 0.1) is 0 Å². The Morgan fingerprint density at radius 1 is 1.50 bits per heavy atom. The van der Waals surface area contributed by atoms with Crippen molar-refractivity contribution in [1.29, 1.82) is 0 Å². The zero-order valence-electron chi connectivity index (χ0n) is 11.8. The molecule has 1 aliphatic heterocycles. The molecule has 2 heterocycles. The molecule has 0 spiro atoms. The van der Waals surface area contributed by atoms with Gasteiger partial charge in [0.15, 0.2) is 0 Å². The Balaban J connectivity index is 1.73. The number of fused-ring (bicyclic) bond motifs is 1. The number of carbonyl (C=O) groups excluding carboxylic acids is 1. The lowest BCUT2D eigenvalue weighted by Crippen LogP contribution is -2.39. The fourth-order valence-corrected chi connectivity index (χ4v) is 3.31. The van der Waals surface area contributed by atoms with Crippen molar-refractivity contribution in [2.75, 3.05) is 13.1 Å². The van der Waals surface area contributed by atoms with Crippen molar-refractivity contribution in [3.8, 4) is 0 Å². The minimum absolute atomic E-state index is 0.00294. The number of amides is 1. The number of hydrogen-bond donors (Lipinski definition) is 1. The Morgan fingerprint density at radius 2 is 2.25 bits per heavy atom. The summed E-state index contributed by atoms with van der Waals surface area (Å²) in [4.78, 5) is 39.3. The maximum absolute atomic E-state index is 12.3. The molecule has 1 aliphatic carbocycles. The second-order valence-corrected chi connectivity index (χ2v) is 6.09. The highest BCUT2D eigenvalue weighted by molar-refractivity contribution is 5.76. The molecule has 1 aromatic rings. The van der Waals surface area contributed by atoms with Gasteiger partial charge in [-0.2, -0.15) is 0 Å². The summed E-state index contributed by atoms with van der Waals surface area (Å²) in [7, 11) is 0. The van der Waals surface area contributed by atoms with Gasteiger partial charge in [-0.1, -0.05) is 6.92 Å². The Labute approximate surface area is 116 Å². The largest absolute Gasteiger partial charge is 0.340 e. The topological polar surface area (TPSA) is 75.2 Å². The monoisotopic (exact) mass is 277 g/mol. The molecule has 6 nitrogen and oxygen atoms in total. The second kappa shape index (κ2) is 4.33. The number of aromatic amines is 1. The number of nitrogens with one attached hydrogen (secondary N) is 1. The van der Waals surface area contributed by atoms with Crippen LogP contribution in [0.25, 0.3) is 0 Å². The Kier molecular flexibility index (Phi) is 2.84. The molecule has 1 N–H and O–H groups in total. The van der Waals surface area contributed by atoms with Gasteiger partial charge < -0.3 is 4.90 Å². The van der Waals surface area contributed by atoms with E-state index in [0.717, 1.165) is 19.5 Å². The number of rotatable bonds is 3. The lowest BCUT2D eigenvalue weighted by molar-refractivity contribution is -0.131. The average Bonchev–Trinajstić information content (AvgIpc) is 2.97. The van der Waals surface area contributed by atoms with Crippen molar-refractivity contribution in [1.82, 2.24) is 14.5 Å². The molecule has 20 heavy (non-hydrogen) atoms. The van der Waals surface area contributed by atoms with Crippen LogP contribution in [0, 0.1) is 18.3 Å². The van der Waals surface area contributed by atoms with E-state index in [-0.39, 0.29) is 12.5 Å². The normalized spacial score (nSPS) is 27.5. The van der Waals surface area contributed by atoms with Gasteiger partial charge in [0.25, 0.3) is 5.56 Å². The first-order valence-corrected chi connectivity index (χ1v) is 7.03. The molecule has 0 aromatic carbocycles. The molecule has 2 atom stereocenters. The van der Waals surface area contributed by atoms with Crippen LogP contribution in [0.2, 0.25) is 0 Å². The summed E-state index contributed by atoms with van der Waals surface area (Å²) in [5, 5.41) is 0. The van der Waals surface area contributed by atoms with Crippen LogP contribution >= 0.6 is 0 Å². The maximum Gasteiger partial charge on any atom is 0.328 e. The van der Waals surface area contributed by atoms with Crippen molar-refractivity contribution in [2.45, 2.75) is 33.2 Å². The summed E-state index contributed by atoms with van der Waals surface area (Å²) in [6.45, 7) is 5.41. The zero-order valence-corrected chi connectivity index (χ0v) is 11.8. The van der Waals surface area contributed by atoms with Crippen LogP contribution in [0.4, 0.5) is 0 Å². The third-order valence-electron chi connectivity index (χ3n) is 4.86. The quantitative estimate of drug-likeness (QED) is 0.851. The molecule has 1 amide bonds. The smallest absolute Gasteiger partial charge is 0.328 e. The van der Waals surface area contributed by atoms with Crippen molar-refractivity contribution in [2.24, 2.45) is 11.3 Å². The molecule has 2 aliphatic rings. The van der Waals surface area contributed by atoms with E-state index in [0.29, 0.717) is 16.9 Å². The Hall–Kier alpha value is -1.85. The number of piperidine rings is 1. The maximum atomic E-state index is 12.3. The summed E-state index contributed by atoms with van der Waals surface area (Å²) >= 11 is 0. The summed E-state index contributed by atoms with van der Waals surface area (Å²) in [6, 6.07) is 0. The van der Waals surface area contributed by atoms with Gasteiger partial charge in [-0.25, -0.2) is 4.79 Å². The summed E-state index contributed by atoms with van der Waals surface area (Å²) in [6.07, 6.45) is 3.79. The molecule has 1 aromatic heterocycles. The fraction of sp³-hybridized carbons (Fsp3) is 0.643. The SMILES string of the molecule is CCC12CC1CN(C(=O)Cn1cc(C)c(=O)[nH]c1=O)C2. The van der Waals surface area contributed by atoms with E-state index in [2.05, 4.69) is 11.9 Å². The molecule has 0 bridgehead atoms. The minimum atomic E-state index is -0.525. The molecule has 1 saturated carbocycles. The zero-order chi connectivity index (χ0) is 14.5. The van der Waals surface area contributed by atoms with Crippen LogP contribution in [0.3, 0.4) is 0 Å². The third-order valence-corrected chi connectivity index (χ3v) is 4.86. The highest BCUT2D eigenvalue weighted by Gasteiger charge is 2.59.